The van der Waals surface area contributed by atoms with Crippen molar-refractivity contribution in [3.8, 4) is 27.9 Å². The molecule has 0 saturated heterocycles. The highest BCUT2D eigenvalue weighted by molar-refractivity contribution is 6.22. The standard InChI is InChI=1S/C54H36N2/c1-4-19-38(20-5-1)52-46-29-13-12-27-43(46)44-35-34-41(36-48(44)53(52)39-21-6-2-7-22-39)55(40-24-8-3-9-25-40)51-33-17-30-47-45-28-14-15-31-50(45)56(54(47)51)49-32-16-23-37-18-10-11-26-42(37)49/h1-36H. The van der Waals surface area contributed by atoms with Crippen LogP contribution in [0.15, 0.2) is 218 Å². The van der Waals surface area contributed by atoms with E-state index < -0.39 is 0 Å². The molecule has 1 aromatic heterocycles. The molecule has 2 heteroatoms. The molecule has 11 aromatic rings. The first-order chi connectivity index (χ1) is 27.8. The normalized spacial score (nSPS) is 11.6. The fourth-order valence-electron chi connectivity index (χ4n) is 8.97. The van der Waals surface area contributed by atoms with Gasteiger partial charge in [0.2, 0.25) is 0 Å². The highest BCUT2D eigenvalue weighted by Gasteiger charge is 2.24. The molecule has 11 rings (SSSR count). The van der Waals surface area contributed by atoms with E-state index >= 15 is 0 Å². The molecule has 0 aliphatic rings. The summed E-state index contributed by atoms with van der Waals surface area (Å²) >= 11 is 0. The van der Waals surface area contributed by atoms with Gasteiger partial charge in [-0.15, -0.1) is 0 Å². The minimum absolute atomic E-state index is 1.09. The first kappa shape index (κ1) is 32.0. The molecule has 0 amide bonds. The van der Waals surface area contributed by atoms with Crippen molar-refractivity contribution in [2.45, 2.75) is 0 Å². The average molecular weight is 713 g/mol. The van der Waals surface area contributed by atoms with E-state index in [1.165, 1.54) is 82.1 Å². The Hall–Kier alpha value is -7.42. The fraction of sp³-hybridized carbons (Fsp3) is 0. The molecule has 2 nitrogen and oxygen atoms in total. The molecule has 10 aromatic carbocycles. The van der Waals surface area contributed by atoms with Crippen LogP contribution in [0.25, 0.3) is 82.1 Å². The van der Waals surface area contributed by atoms with Crippen molar-refractivity contribution < 1.29 is 0 Å². The van der Waals surface area contributed by atoms with Crippen LogP contribution in [0.5, 0.6) is 0 Å². The lowest BCUT2D eigenvalue weighted by molar-refractivity contribution is 1.18. The Balaban J connectivity index is 1.27. The van der Waals surface area contributed by atoms with Crippen molar-refractivity contribution in [1.29, 1.82) is 0 Å². The Morgan fingerprint density at radius 3 is 1.61 bits per heavy atom. The van der Waals surface area contributed by atoms with Crippen LogP contribution in [-0.2, 0) is 0 Å². The van der Waals surface area contributed by atoms with Gasteiger partial charge in [0.15, 0.2) is 0 Å². The summed E-state index contributed by atoms with van der Waals surface area (Å²) < 4.78 is 2.48. The number of para-hydroxylation sites is 3. The van der Waals surface area contributed by atoms with Gasteiger partial charge >= 0.3 is 0 Å². The van der Waals surface area contributed by atoms with E-state index in [1.807, 2.05) is 0 Å². The lowest BCUT2D eigenvalue weighted by Gasteiger charge is -2.28. The van der Waals surface area contributed by atoms with Crippen LogP contribution in [0, 0.1) is 0 Å². The number of rotatable bonds is 6. The van der Waals surface area contributed by atoms with Crippen molar-refractivity contribution in [2.24, 2.45) is 0 Å². The van der Waals surface area contributed by atoms with Crippen molar-refractivity contribution in [2.75, 3.05) is 4.90 Å². The molecular weight excluding hydrogens is 677 g/mol. The molecule has 0 aliphatic heterocycles. The van der Waals surface area contributed by atoms with E-state index in [0.717, 1.165) is 17.1 Å². The van der Waals surface area contributed by atoms with Gasteiger partial charge in [-0.25, -0.2) is 0 Å². The first-order valence-electron chi connectivity index (χ1n) is 19.3. The quantitative estimate of drug-likeness (QED) is 0.156. The van der Waals surface area contributed by atoms with Gasteiger partial charge in [-0.2, -0.15) is 0 Å². The molecule has 0 bridgehead atoms. The van der Waals surface area contributed by atoms with Gasteiger partial charge in [-0.3, -0.25) is 0 Å². The zero-order valence-corrected chi connectivity index (χ0v) is 30.7. The third kappa shape index (κ3) is 5.04. The summed E-state index contributed by atoms with van der Waals surface area (Å²) in [6.07, 6.45) is 0. The minimum Gasteiger partial charge on any atom is -0.308 e. The number of hydrogen-bond donors (Lipinski definition) is 0. The maximum atomic E-state index is 2.48. The van der Waals surface area contributed by atoms with Gasteiger partial charge in [-0.05, 0) is 91.6 Å². The number of hydrogen-bond acceptors (Lipinski definition) is 1. The van der Waals surface area contributed by atoms with Gasteiger partial charge in [0.1, 0.15) is 0 Å². The summed E-state index contributed by atoms with van der Waals surface area (Å²) in [5, 5.41) is 9.84. The van der Waals surface area contributed by atoms with Crippen molar-refractivity contribution in [3.05, 3.63) is 218 Å². The van der Waals surface area contributed by atoms with Gasteiger partial charge in [0, 0.05) is 27.5 Å². The number of aromatic nitrogens is 1. The van der Waals surface area contributed by atoms with Gasteiger partial charge < -0.3 is 9.47 Å². The average Bonchev–Trinajstić information content (AvgIpc) is 3.61. The lowest BCUT2D eigenvalue weighted by atomic mass is 9.85. The van der Waals surface area contributed by atoms with E-state index in [4.69, 9.17) is 0 Å². The van der Waals surface area contributed by atoms with Crippen LogP contribution in [-0.4, -0.2) is 4.57 Å². The van der Waals surface area contributed by atoms with E-state index in [2.05, 4.69) is 228 Å². The maximum Gasteiger partial charge on any atom is 0.0782 e. The van der Waals surface area contributed by atoms with Crippen molar-refractivity contribution in [1.82, 2.24) is 4.57 Å². The zero-order chi connectivity index (χ0) is 37.0. The second-order valence-electron chi connectivity index (χ2n) is 14.5. The van der Waals surface area contributed by atoms with Crippen LogP contribution in [0.3, 0.4) is 0 Å². The van der Waals surface area contributed by atoms with Crippen LogP contribution in [0.1, 0.15) is 0 Å². The SMILES string of the molecule is c1ccc(-c2c(-c3ccccc3)c3cc(N(c4ccccc4)c4cccc5c6ccccc6n(-c6cccc7ccccc67)c45)ccc3c3ccccc23)cc1. The Bertz CT molecular complexity index is 3230. The summed E-state index contributed by atoms with van der Waals surface area (Å²) in [6, 6.07) is 79.5. The zero-order valence-electron chi connectivity index (χ0n) is 30.7. The summed E-state index contributed by atoms with van der Waals surface area (Å²) in [5.41, 5.74) is 11.7. The lowest BCUT2D eigenvalue weighted by Crippen LogP contribution is -2.12. The van der Waals surface area contributed by atoms with Crippen LogP contribution in [0.2, 0.25) is 0 Å². The van der Waals surface area contributed by atoms with E-state index in [9.17, 15) is 0 Å². The summed E-state index contributed by atoms with van der Waals surface area (Å²) in [6.45, 7) is 0. The molecule has 0 atom stereocenters. The molecule has 0 spiro atoms. The Labute approximate surface area is 325 Å². The Morgan fingerprint density at radius 1 is 0.321 bits per heavy atom. The molecule has 1 heterocycles. The minimum atomic E-state index is 1.09. The third-order valence-corrected chi connectivity index (χ3v) is 11.3. The number of fused-ring (bicyclic) bond motifs is 7. The van der Waals surface area contributed by atoms with Gasteiger partial charge in [-0.1, -0.05) is 176 Å². The Kier molecular flexibility index (Phi) is 7.53. The fourth-order valence-corrected chi connectivity index (χ4v) is 8.97. The van der Waals surface area contributed by atoms with E-state index in [0.29, 0.717) is 0 Å². The first-order valence-corrected chi connectivity index (χ1v) is 19.3. The van der Waals surface area contributed by atoms with Crippen LogP contribution in [0.4, 0.5) is 17.1 Å². The van der Waals surface area contributed by atoms with Gasteiger partial charge in [0.05, 0.1) is 22.4 Å². The van der Waals surface area contributed by atoms with Gasteiger partial charge in [0.25, 0.3) is 0 Å². The highest BCUT2D eigenvalue weighted by atomic mass is 15.2. The molecule has 0 fully saturated rings. The largest absolute Gasteiger partial charge is 0.308 e. The Morgan fingerprint density at radius 2 is 0.857 bits per heavy atom. The molecule has 0 aliphatic carbocycles. The van der Waals surface area contributed by atoms with Crippen molar-refractivity contribution in [3.63, 3.8) is 0 Å². The predicted molar refractivity (Wildman–Crippen MR) is 239 cm³/mol. The second-order valence-corrected chi connectivity index (χ2v) is 14.5. The van der Waals surface area contributed by atoms with E-state index in [1.54, 1.807) is 0 Å². The summed E-state index contributed by atoms with van der Waals surface area (Å²) in [7, 11) is 0. The monoisotopic (exact) mass is 712 g/mol. The molecule has 0 N–H and O–H groups in total. The molecule has 56 heavy (non-hydrogen) atoms. The van der Waals surface area contributed by atoms with Crippen LogP contribution >= 0.6 is 0 Å². The molecule has 262 valence electrons. The molecular formula is C54H36N2. The number of benzene rings is 10. The smallest absolute Gasteiger partial charge is 0.0782 e. The molecule has 0 saturated carbocycles. The van der Waals surface area contributed by atoms with E-state index in [-0.39, 0.29) is 0 Å². The van der Waals surface area contributed by atoms with Crippen molar-refractivity contribution >= 4 is 71.2 Å². The third-order valence-electron chi connectivity index (χ3n) is 11.3. The topological polar surface area (TPSA) is 8.17 Å². The highest BCUT2D eigenvalue weighted by Crippen LogP contribution is 2.48. The second kappa shape index (κ2) is 13.2. The molecule has 0 unspecified atom stereocenters. The maximum absolute atomic E-state index is 2.48. The number of nitrogens with zero attached hydrogens (tertiary/aromatic N) is 2. The summed E-state index contributed by atoms with van der Waals surface area (Å²) in [4.78, 5) is 2.45. The predicted octanol–water partition coefficient (Wildman–Crippen LogP) is 15.0. The number of anilines is 3. The van der Waals surface area contributed by atoms with Crippen LogP contribution < -0.4 is 4.90 Å². The summed E-state index contributed by atoms with van der Waals surface area (Å²) in [5.74, 6) is 0. The molecule has 0 radical (unpaired) electrons.